The van der Waals surface area contributed by atoms with E-state index in [9.17, 15) is 18.8 Å². The van der Waals surface area contributed by atoms with Gasteiger partial charge in [0.15, 0.2) is 0 Å². The van der Waals surface area contributed by atoms with Crippen molar-refractivity contribution in [2.75, 3.05) is 20.2 Å². The molecule has 1 N–H and O–H groups in total. The number of rotatable bonds is 6. The van der Waals surface area contributed by atoms with Crippen LogP contribution in [0.25, 0.3) is 17.0 Å². The summed E-state index contributed by atoms with van der Waals surface area (Å²) in [6, 6.07) is 14.4. The molecule has 1 amide bonds. The van der Waals surface area contributed by atoms with Gasteiger partial charge in [-0.25, -0.2) is 18.6 Å². The summed E-state index contributed by atoms with van der Waals surface area (Å²) in [5.41, 5.74) is 4.34. The SMILES string of the molecule is COc1cc(CNC(=O)n2c3c(c4cc(C#N)ccc42)CN(CC=Cc2ccc(F)cc2F)CC3)ccn1. The van der Waals surface area contributed by atoms with Crippen molar-refractivity contribution >= 4 is 23.0 Å². The largest absolute Gasteiger partial charge is 0.481 e. The van der Waals surface area contributed by atoms with E-state index in [1.807, 2.05) is 24.3 Å². The summed E-state index contributed by atoms with van der Waals surface area (Å²) >= 11 is 0. The van der Waals surface area contributed by atoms with Gasteiger partial charge >= 0.3 is 6.03 Å². The molecule has 0 atom stereocenters. The zero-order valence-corrected chi connectivity index (χ0v) is 20.7. The first kappa shape index (κ1) is 25.1. The highest BCUT2D eigenvalue weighted by Gasteiger charge is 2.26. The van der Waals surface area contributed by atoms with Crippen LogP contribution in [0.15, 0.2) is 60.8 Å². The fraction of sp³-hybridized carbons (Fsp3) is 0.207. The summed E-state index contributed by atoms with van der Waals surface area (Å²) in [4.78, 5) is 19.7. The van der Waals surface area contributed by atoms with Crippen LogP contribution in [0.1, 0.15) is 27.9 Å². The molecule has 7 nitrogen and oxygen atoms in total. The molecule has 0 saturated carbocycles. The molecule has 0 radical (unpaired) electrons. The average molecular weight is 514 g/mol. The zero-order valence-electron chi connectivity index (χ0n) is 20.7. The molecule has 0 unspecified atom stereocenters. The number of halogens is 2. The number of hydrogen-bond donors (Lipinski definition) is 1. The smallest absolute Gasteiger partial charge is 0.326 e. The minimum Gasteiger partial charge on any atom is -0.481 e. The fourth-order valence-corrected chi connectivity index (χ4v) is 4.77. The summed E-state index contributed by atoms with van der Waals surface area (Å²) in [7, 11) is 1.54. The number of methoxy groups -OCH3 is 1. The number of ether oxygens (including phenoxy) is 1. The molecule has 9 heteroatoms. The first-order valence-electron chi connectivity index (χ1n) is 12.1. The standard InChI is InChI=1S/C29H25F2N5O2/c1-38-28-14-20(8-10-33-28)17-34-29(37)36-26-7-4-19(16-32)13-23(26)24-18-35(12-9-27(24)36)11-2-3-21-5-6-22(30)15-25(21)31/h2-8,10,13-15H,9,11-12,17-18H2,1H3,(H,34,37). The minimum absolute atomic E-state index is 0.253. The molecule has 1 aliphatic rings. The number of amides is 1. The number of carbonyl (C=O) groups is 1. The molecule has 192 valence electrons. The van der Waals surface area contributed by atoms with E-state index in [2.05, 4.69) is 21.3 Å². The highest BCUT2D eigenvalue weighted by Crippen LogP contribution is 2.32. The van der Waals surface area contributed by atoms with E-state index in [1.54, 1.807) is 36.1 Å². The number of nitrogens with one attached hydrogen (secondary N) is 1. The van der Waals surface area contributed by atoms with E-state index in [0.29, 0.717) is 49.6 Å². The van der Waals surface area contributed by atoms with Crippen LogP contribution in [0.2, 0.25) is 0 Å². The molecule has 0 bridgehead atoms. The number of nitrogens with zero attached hydrogens (tertiary/aromatic N) is 4. The molecule has 3 heterocycles. The Balaban J connectivity index is 1.39. The Kier molecular flexibility index (Phi) is 7.15. The van der Waals surface area contributed by atoms with Gasteiger partial charge in [-0.3, -0.25) is 9.47 Å². The Bertz CT molecular complexity index is 1590. The number of hydrogen-bond acceptors (Lipinski definition) is 5. The molecule has 1 aliphatic heterocycles. The highest BCUT2D eigenvalue weighted by atomic mass is 19.1. The second kappa shape index (κ2) is 10.8. The normalized spacial score (nSPS) is 13.4. The third-order valence-corrected chi connectivity index (χ3v) is 6.64. The van der Waals surface area contributed by atoms with Crippen molar-refractivity contribution in [3.05, 3.63) is 100 Å². The third-order valence-electron chi connectivity index (χ3n) is 6.64. The zero-order chi connectivity index (χ0) is 26.6. The molecule has 38 heavy (non-hydrogen) atoms. The Morgan fingerprint density at radius 3 is 2.87 bits per heavy atom. The second-order valence-electron chi connectivity index (χ2n) is 9.02. The quantitative estimate of drug-likeness (QED) is 0.391. The van der Waals surface area contributed by atoms with E-state index in [0.717, 1.165) is 33.8 Å². The Morgan fingerprint density at radius 2 is 2.08 bits per heavy atom. The summed E-state index contributed by atoms with van der Waals surface area (Å²) in [5.74, 6) is -0.743. The van der Waals surface area contributed by atoms with E-state index in [1.165, 1.54) is 12.1 Å². The van der Waals surface area contributed by atoms with Crippen molar-refractivity contribution in [1.29, 1.82) is 5.26 Å². The van der Waals surface area contributed by atoms with Gasteiger partial charge in [-0.15, -0.1) is 0 Å². The van der Waals surface area contributed by atoms with Crippen LogP contribution >= 0.6 is 0 Å². The van der Waals surface area contributed by atoms with Gasteiger partial charge in [0.1, 0.15) is 11.6 Å². The third kappa shape index (κ3) is 5.12. The maximum atomic E-state index is 14.0. The Hall–Kier alpha value is -4.55. The lowest BCUT2D eigenvalue weighted by atomic mass is 10.0. The van der Waals surface area contributed by atoms with Crippen LogP contribution in [0.5, 0.6) is 5.88 Å². The molecule has 0 fully saturated rings. The van der Waals surface area contributed by atoms with E-state index in [4.69, 9.17) is 4.74 Å². The van der Waals surface area contributed by atoms with Gasteiger partial charge < -0.3 is 10.1 Å². The van der Waals surface area contributed by atoms with Crippen LogP contribution in [0.3, 0.4) is 0 Å². The maximum Gasteiger partial charge on any atom is 0.326 e. The summed E-state index contributed by atoms with van der Waals surface area (Å²) in [6.45, 7) is 2.12. The molecule has 5 rings (SSSR count). The number of carbonyl (C=O) groups excluding carboxylic acids is 1. The second-order valence-corrected chi connectivity index (χ2v) is 9.02. The lowest BCUT2D eigenvalue weighted by Crippen LogP contribution is -2.34. The van der Waals surface area contributed by atoms with Gasteiger partial charge in [0, 0.05) is 67.6 Å². The van der Waals surface area contributed by atoms with Gasteiger partial charge in [0.25, 0.3) is 0 Å². The van der Waals surface area contributed by atoms with Crippen LogP contribution < -0.4 is 10.1 Å². The Labute approximate surface area is 218 Å². The predicted molar refractivity (Wildman–Crippen MR) is 139 cm³/mol. The lowest BCUT2D eigenvalue weighted by Gasteiger charge is -2.27. The molecule has 0 spiro atoms. The van der Waals surface area contributed by atoms with Gasteiger partial charge in [0.2, 0.25) is 5.88 Å². The monoisotopic (exact) mass is 513 g/mol. The summed E-state index contributed by atoms with van der Waals surface area (Å²) < 4.78 is 34.0. The number of nitriles is 1. The summed E-state index contributed by atoms with van der Waals surface area (Å²) in [5, 5.41) is 13.3. The number of aromatic nitrogens is 2. The van der Waals surface area contributed by atoms with Gasteiger partial charge in [-0.1, -0.05) is 12.2 Å². The van der Waals surface area contributed by atoms with Crippen molar-refractivity contribution in [2.45, 2.75) is 19.5 Å². The molecule has 0 aliphatic carbocycles. The number of benzene rings is 2. The first-order chi connectivity index (χ1) is 18.5. The molecular weight excluding hydrogens is 488 g/mol. The maximum absolute atomic E-state index is 14.0. The first-order valence-corrected chi connectivity index (χ1v) is 12.1. The molecule has 4 aromatic rings. The summed E-state index contributed by atoms with van der Waals surface area (Å²) in [6.07, 6.45) is 5.74. The van der Waals surface area contributed by atoms with Gasteiger partial charge in [-0.05, 0) is 47.5 Å². The molecule has 2 aromatic carbocycles. The number of fused-ring (bicyclic) bond motifs is 3. The van der Waals surface area contributed by atoms with E-state index >= 15 is 0 Å². The van der Waals surface area contributed by atoms with Crippen LogP contribution in [-0.2, 0) is 19.5 Å². The predicted octanol–water partition coefficient (Wildman–Crippen LogP) is 5.02. The van der Waals surface area contributed by atoms with Gasteiger partial charge in [0.05, 0.1) is 24.3 Å². The van der Waals surface area contributed by atoms with Crippen LogP contribution in [0.4, 0.5) is 13.6 Å². The van der Waals surface area contributed by atoms with Crippen molar-refractivity contribution in [3.8, 4) is 11.9 Å². The molecule has 0 saturated heterocycles. The van der Waals surface area contributed by atoms with Crippen molar-refractivity contribution < 1.29 is 18.3 Å². The van der Waals surface area contributed by atoms with E-state index in [-0.39, 0.29) is 6.03 Å². The fourth-order valence-electron chi connectivity index (χ4n) is 4.77. The molecule has 2 aromatic heterocycles. The minimum atomic E-state index is -0.610. The van der Waals surface area contributed by atoms with Crippen molar-refractivity contribution in [2.24, 2.45) is 0 Å². The van der Waals surface area contributed by atoms with Crippen molar-refractivity contribution in [1.82, 2.24) is 19.8 Å². The van der Waals surface area contributed by atoms with Gasteiger partial charge in [-0.2, -0.15) is 5.26 Å². The van der Waals surface area contributed by atoms with Crippen LogP contribution in [-0.4, -0.2) is 40.7 Å². The Morgan fingerprint density at radius 1 is 1.21 bits per heavy atom. The number of pyridine rings is 1. The average Bonchev–Trinajstić information content (AvgIpc) is 3.26. The molecular formula is C29H25F2N5O2. The topological polar surface area (TPSA) is 83.2 Å². The highest BCUT2D eigenvalue weighted by molar-refractivity contribution is 5.96. The van der Waals surface area contributed by atoms with E-state index < -0.39 is 11.6 Å². The lowest BCUT2D eigenvalue weighted by molar-refractivity contribution is 0.240. The van der Waals surface area contributed by atoms with Crippen LogP contribution in [0, 0.1) is 23.0 Å². The van der Waals surface area contributed by atoms with Crippen molar-refractivity contribution in [3.63, 3.8) is 0 Å².